The molecule has 2 spiro atoms. The first-order valence-corrected chi connectivity index (χ1v) is 14.6. The topological polar surface area (TPSA) is 43.4 Å². The lowest BCUT2D eigenvalue weighted by atomic mass is 9.68. The summed E-state index contributed by atoms with van der Waals surface area (Å²) >= 11 is 1.90. The van der Waals surface area contributed by atoms with Crippen molar-refractivity contribution in [3.05, 3.63) is 52.0 Å². The highest BCUT2D eigenvalue weighted by molar-refractivity contribution is 7.10. The van der Waals surface area contributed by atoms with Gasteiger partial charge in [-0.25, -0.2) is 0 Å². The van der Waals surface area contributed by atoms with Gasteiger partial charge in [-0.2, -0.15) is 0 Å². The lowest BCUT2D eigenvalue weighted by Crippen LogP contribution is -2.47. The van der Waals surface area contributed by atoms with Crippen molar-refractivity contribution < 1.29 is 9.47 Å². The predicted molar refractivity (Wildman–Crippen MR) is 138 cm³/mol. The van der Waals surface area contributed by atoms with Crippen molar-refractivity contribution in [3.63, 3.8) is 0 Å². The van der Waals surface area contributed by atoms with Gasteiger partial charge in [0.05, 0.1) is 12.2 Å². The lowest BCUT2D eigenvalue weighted by molar-refractivity contribution is -0.104. The van der Waals surface area contributed by atoms with Crippen molar-refractivity contribution in [2.75, 3.05) is 26.3 Å². The first-order chi connectivity index (χ1) is 16.7. The summed E-state index contributed by atoms with van der Waals surface area (Å²) in [6.45, 7) is 3.67. The van der Waals surface area contributed by atoms with E-state index in [2.05, 4.69) is 28.9 Å². The van der Waals surface area contributed by atoms with Crippen molar-refractivity contribution in [2.24, 2.45) is 0 Å². The molecular formula is C29H40N2O2S. The average molecular weight is 481 g/mol. The third-order valence-electron chi connectivity index (χ3n) is 9.41. The largest absolute Gasteiger partial charge is 0.375 e. The highest BCUT2D eigenvalue weighted by atomic mass is 32.1. The predicted octanol–water partition coefficient (Wildman–Crippen LogP) is 6.46. The van der Waals surface area contributed by atoms with E-state index in [9.17, 15) is 0 Å². The molecule has 184 valence electrons. The number of hydrogen-bond acceptors (Lipinski definition) is 5. The molecule has 6 rings (SSSR count). The van der Waals surface area contributed by atoms with Crippen LogP contribution in [0, 0.1) is 0 Å². The number of hydrogen-bond donors (Lipinski definition) is 1. The molecule has 2 saturated carbocycles. The minimum absolute atomic E-state index is 0.0858. The van der Waals surface area contributed by atoms with Crippen molar-refractivity contribution in [1.29, 1.82) is 0 Å². The van der Waals surface area contributed by atoms with Gasteiger partial charge in [-0.1, -0.05) is 38.2 Å². The summed E-state index contributed by atoms with van der Waals surface area (Å²) in [6.07, 6.45) is 17.2. The third kappa shape index (κ3) is 4.27. The van der Waals surface area contributed by atoms with E-state index in [1.165, 1.54) is 68.4 Å². The molecule has 4 heterocycles. The third-order valence-corrected chi connectivity index (χ3v) is 10.4. The molecule has 2 aromatic heterocycles. The van der Waals surface area contributed by atoms with Crippen molar-refractivity contribution >= 4 is 11.3 Å². The maximum atomic E-state index is 6.55. The Morgan fingerprint density at radius 1 is 1.00 bits per heavy atom. The quantitative estimate of drug-likeness (QED) is 0.482. The fraction of sp³-hybridized carbons (Fsp3) is 0.690. The molecular weight excluding hydrogens is 440 g/mol. The van der Waals surface area contributed by atoms with Gasteiger partial charge >= 0.3 is 0 Å². The smallest absolute Gasteiger partial charge is 0.104 e. The molecule has 5 heteroatoms. The number of thiophene rings is 1. The summed E-state index contributed by atoms with van der Waals surface area (Å²) < 4.78 is 13.0. The van der Waals surface area contributed by atoms with Crippen LogP contribution >= 0.6 is 11.3 Å². The van der Waals surface area contributed by atoms with Gasteiger partial charge in [0.15, 0.2) is 0 Å². The van der Waals surface area contributed by atoms with Crippen LogP contribution in [-0.4, -0.2) is 36.9 Å². The SMILES string of the molecule is c1ccc([C@]2(CCNCC3OCC4(CCCCC4)c4ccsc43)CCOC3(CCCC3)C2)nc1. The molecule has 3 fully saturated rings. The van der Waals surface area contributed by atoms with E-state index >= 15 is 0 Å². The Labute approximate surface area is 208 Å². The summed E-state index contributed by atoms with van der Waals surface area (Å²) in [5.74, 6) is 0. The molecule has 2 aliphatic heterocycles. The zero-order chi connectivity index (χ0) is 22.9. The van der Waals surface area contributed by atoms with Crippen LogP contribution in [0.15, 0.2) is 35.8 Å². The maximum absolute atomic E-state index is 6.55. The summed E-state index contributed by atoms with van der Waals surface area (Å²) in [6, 6.07) is 8.85. The number of aromatic nitrogens is 1. The van der Waals surface area contributed by atoms with Gasteiger partial charge in [0.25, 0.3) is 0 Å². The second-order valence-corrected chi connectivity index (χ2v) is 12.4. The van der Waals surface area contributed by atoms with Gasteiger partial charge in [0.1, 0.15) is 6.10 Å². The molecule has 2 atom stereocenters. The van der Waals surface area contributed by atoms with Crippen LogP contribution in [0.4, 0.5) is 0 Å². The van der Waals surface area contributed by atoms with Crippen molar-refractivity contribution in [1.82, 2.24) is 10.3 Å². The van der Waals surface area contributed by atoms with Crippen LogP contribution in [0.2, 0.25) is 0 Å². The van der Waals surface area contributed by atoms with Gasteiger partial charge < -0.3 is 14.8 Å². The molecule has 4 nitrogen and oxygen atoms in total. The lowest BCUT2D eigenvalue weighted by Gasteiger charge is -2.46. The normalized spacial score (nSPS) is 29.9. The minimum Gasteiger partial charge on any atom is -0.375 e. The van der Waals surface area contributed by atoms with Gasteiger partial charge in [-0.3, -0.25) is 4.98 Å². The van der Waals surface area contributed by atoms with Crippen LogP contribution < -0.4 is 5.32 Å². The number of ether oxygens (including phenoxy) is 2. The molecule has 1 N–H and O–H groups in total. The van der Waals surface area contributed by atoms with Crippen molar-refractivity contribution in [3.8, 4) is 0 Å². The molecule has 0 amide bonds. The number of rotatable bonds is 6. The molecule has 4 aliphatic rings. The number of nitrogens with zero attached hydrogens (tertiary/aromatic N) is 1. The molecule has 2 aliphatic carbocycles. The summed E-state index contributed by atoms with van der Waals surface area (Å²) in [7, 11) is 0. The van der Waals surface area contributed by atoms with E-state index in [1.807, 2.05) is 23.6 Å². The fourth-order valence-electron chi connectivity index (χ4n) is 7.57. The van der Waals surface area contributed by atoms with Crippen LogP contribution in [-0.2, 0) is 20.3 Å². The Balaban J connectivity index is 1.12. The highest BCUT2D eigenvalue weighted by Crippen LogP contribution is 2.50. The van der Waals surface area contributed by atoms with Crippen LogP contribution in [0.5, 0.6) is 0 Å². The molecule has 0 aromatic carbocycles. The Morgan fingerprint density at radius 2 is 1.85 bits per heavy atom. The summed E-state index contributed by atoms with van der Waals surface area (Å²) in [4.78, 5) is 6.34. The van der Waals surface area contributed by atoms with Gasteiger partial charge in [-0.15, -0.1) is 11.3 Å². The standard InChI is InChI=1S/C29H40N2O2S/c1-3-10-28(11-4-1)22-32-24(26-23(28)9-19-34-26)20-30-17-14-27(25-8-2-7-16-31-25)15-18-33-29(21-27)12-5-6-13-29/h2,7-9,16,19,24,30H,1,3-6,10-15,17-18,20-22H2/t24?,27-/m1/s1. The maximum Gasteiger partial charge on any atom is 0.104 e. The summed E-state index contributed by atoms with van der Waals surface area (Å²) in [5, 5.41) is 6.10. The zero-order valence-corrected chi connectivity index (χ0v) is 21.3. The van der Waals surface area contributed by atoms with E-state index in [0.717, 1.165) is 45.6 Å². The van der Waals surface area contributed by atoms with Crippen molar-refractivity contribution in [2.45, 2.75) is 99.6 Å². The first kappa shape index (κ1) is 23.1. The van der Waals surface area contributed by atoms with Gasteiger partial charge in [0.2, 0.25) is 0 Å². The van der Waals surface area contributed by atoms with Crippen LogP contribution in [0.1, 0.15) is 99.3 Å². The van der Waals surface area contributed by atoms with E-state index in [-0.39, 0.29) is 17.1 Å². The zero-order valence-electron chi connectivity index (χ0n) is 20.5. The van der Waals surface area contributed by atoms with E-state index in [4.69, 9.17) is 14.5 Å². The Hall–Kier alpha value is -1.27. The van der Waals surface area contributed by atoms with Gasteiger partial charge in [-0.05, 0) is 80.6 Å². The molecule has 1 unspecified atom stereocenters. The van der Waals surface area contributed by atoms with Gasteiger partial charge in [0, 0.05) is 40.7 Å². The molecule has 0 bridgehead atoms. The molecule has 0 radical (unpaired) electrons. The number of pyridine rings is 1. The van der Waals surface area contributed by atoms with Crippen LogP contribution in [0.25, 0.3) is 0 Å². The minimum atomic E-state index is 0.0858. The number of nitrogens with one attached hydrogen (secondary N) is 1. The molecule has 34 heavy (non-hydrogen) atoms. The molecule has 2 aromatic rings. The fourth-order valence-corrected chi connectivity index (χ4v) is 8.64. The second-order valence-electron chi connectivity index (χ2n) is 11.5. The first-order valence-electron chi connectivity index (χ1n) is 13.7. The van der Waals surface area contributed by atoms with E-state index in [1.54, 1.807) is 5.56 Å². The van der Waals surface area contributed by atoms with Crippen LogP contribution in [0.3, 0.4) is 0 Å². The Morgan fingerprint density at radius 3 is 2.68 bits per heavy atom. The Bertz CT molecular complexity index is 948. The number of fused-ring (bicyclic) bond motifs is 2. The Kier molecular flexibility index (Phi) is 6.57. The second kappa shape index (κ2) is 9.65. The highest BCUT2D eigenvalue weighted by Gasteiger charge is 2.48. The monoisotopic (exact) mass is 480 g/mol. The molecule has 1 saturated heterocycles. The summed E-state index contributed by atoms with van der Waals surface area (Å²) in [5.41, 5.74) is 3.37. The van der Waals surface area contributed by atoms with E-state index in [0.29, 0.717) is 5.41 Å². The average Bonchev–Trinajstić information content (AvgIpc) is 3.56. The van der Waals surface area contributed by atoms with E-state index < -0.39 is 0 Å².